The minimum atomic E-state index is 0.842. The van der Waals surface area contributed by atoms with Crippen LogP contribution in [0.3, 0.4) is 0 Å². The molecule has 0 bridgehead atoms. The highest BCUT2D eigenvalue weighted by atomic mass is 14.5. The zero-order valence-electron chi connectivity index (χ0n) is 7.19. The van der Waals surface area contributed by atoms with Gasteiger partial charge in [-0.2, -0.15) is 0 Å². The zero-order valence-corrected chi connectivity index (χ0v) is 7.19. The molecule has 0 rings (SSSR count). The number of unbranched alkanes of at least 4 members (excludes halogenated alkanes) is 2. The average Bonchev–Trinajstić information content (AvgIpc) is 1.98. The summed E-state index contributed by atoms with van der Waals surface area (Å²) in [7, 11) is 0. The van der Waals surface area contributed by atoms with Crippen LogP contribution in [0.15, 0.2) is 11.6 Å². The fraction of sp³-hybridized carbons (Fsp3) is 0.778. The second-order valence-corrected chi connectivity index (χ2v) is 2.73. The van der Waals surface area contributed by atoms with Gasteiger partial charge in [0.25, 0.3) is 0 Å². The lowest BCUT2D eigenvalue weighted by Crippen LogP contribution is -1.97. The summed E-state index contributed by atoms with van der Waals surface area (Å²) in [4.78, 5) is 0. The number of nitrogens with two attached hydrogens (primary N) is 1. The smallest absolute Gasteiger partial charge is 0.00773 e. The monoisotopic (exact) mass is 141 g/mol. The average molecular weight is 141 g/mol. The van der Waals surface area contributed by atoms with Gasteiger partial charge in [0.2, 0.25) is 0 Å². The Kier molecular flexibility index (Phi) is 6.61. The van der Waals surface area contributed by atoms with Crippen LogP contribution in [0, 0.1) is 0 Å². The van der Waals surface area contributed by atoms with Gasteiger partial charge in [-0.05, 0) is 39.7 Å². The molecule has 0 atom stereocenters. The Morgan fingerprint density at radius 2 is 2.00 bits per heavy atom. The Morgan fingerprint density at radius 3 is 2.50 bits per heavy atom. The number of hydrogen-bond acceptors (Lipinski definition) is 1. The van der Waals surface area contributed by atoms with Crippen LogP contribution < -0.4 is 5.73 Å². The lowest BCUT2D eigenvalue weighted by atomic mass is 10.1. The van der Waals surface area contributed by atoms with Crippen molar-refractivity contribution in [3.05, 3.63) is 11.6 Å². The van der Waals surface area contributed by atoms with E-state index in [1.54, 1.807) is 0 Å². The van der Waals surface area contributed by atoms with Crippen molar-refractivity contribution in [2.75, 3.05) is 6.54 Å². The second-order valence-electron chi connectivity index (χ2n) is 2.73. The van der Waals surface area contributed by atoms with E-state index in [2.05, 4.69) is 19.9 Å². The zero-order chi connectivity index (χ0) is 7.82. The maximum Gasteiger partial charge on any atom is -0.00773 e. The van der Waals surface area contributed by atoms with Crippen molar-refractivity contribution >= 4 is 0 Å². The van der Waals surface area contributed by atoms with Gasteiger partial charge in [-0.25, -0.2) is 0 Å². The van der Waals surface area contributed by atoms with E-state index >= 15 is 0 Å². The van der Waals surface area contributed by atoms with Gasteiger partial charge in [0.05, 0.1) is 0 Å². The molecular formula is C9H19N. The van der Waals surface area contributed by atoms with Crippen LogP contribution in [0.4, 0.5) is 0 Å². The highest BCUT2D eigenvalue weighted by Crippen LogP contribution is 2.06. The molecular weight excluding hydrogens is 122 g/mol. The molecule has 0 unspecified atom stereocenters. The minimum absolute atomic E-state index is 0.842. The first-order valence-electron chi connectivity index (χ1n) is 4.13. The van der Waals surface area contributed by atoms with Gasteiger partial charge in [0.1, 0.15) is 0 Å². The Labute approximate surface area is 64.3 Å². The Bertz CT molecular complexity index is 94.9. The lowest BCUT2D eigenvalue weighted by molar-refractivity contribution is 0.683. The molecule has 0 aromatic carbocycles. The molecule has 0 aliphatic carbocycles. The molecule has 0 saturated heterocycles. The van der Waals surface area contributed by atoms with E-state index in [-0.39, 0.29) is 0 Å². The van der Waals surface area contributed by atoms with Crippen molar-refractivity contribution in [2.45, 2.75) is 39.5 Å². The lowest BCUT2D eigenvalue weighted by Gasteiger charge is -1.98. The first-order valence-corrected chi connectivity index (χ1v) is 4.13. The van der Waals surface area contributed by atoms with Crippen molar-refractivity contribution in [1.29, 1.82) is 0 Å². The summed E-state index contributed by atoms with van der Waals surface area (Å²) in [6.07, 6.45) is 7.19. The van der Waals surface area contributed by atoms with Gasteiger partial charge in [0.15, 0.2) is 0 Å². The molecule has 0 spiro atoms. The molecule has 60 valence electrons. The van der Waals surface area contributed by atoms with Gasteiger partial charge in [0, 0.05) is 0 Å². The third-order valence-corrected chi connectivity index (χ3v) is 1.77. The number of hydrogen-bond donors (Lipinski definition) is 1. The van der Waals surface area contributed by atoms with Crippen LogP contribution >= 0.6 is 0 Å². The number of allylic oxidation sites excluding steroid dienone is 2. The fourth-order valence-electron chi connectivity index (χ4n) is 0.869. The molecule has 1 heteroatoms. The van der Waals surface area contributed by atoms with Crippen molar-refractivity contribution in [1.82, 2.24) is 0 Å². The summed E-state index contributed by atoms with van der Waals surface area (Å²) in [5.41, 5.74) is 6.86. The summed E-state index contributed by atoms with van der Waals surface area (Å²) < 4.78 is 0. The molecule has 1 nitrogen and oxygen atoms in total. The van der Waals surface area contributed by atoms with E-state index in [0.717, 1.165) is 6.54 Å². The van der Waals surface area contributed by atoms with Crippen molar-refractivity contribution in [3.8, 4) is 0 Å². The van der Waals surface area contributed by atoms with Crippen LogP contribution in [-0.2, 0) is 0 Å². The molecule has 0 amide bonds. The van der Waals surface area contributed by atoms with Crippen LogP contribution in [0.2, 0.25) is 0 Å². The van der Waals surface area contributed by atoms with Crippen molar-refractivity contribution < 1.29 is 0 Å². The predicted octanol–water partition coefficient (Wildman–Crippen LogP) is 2.47. The van der Waals surface area contributed by atoms with Gasteiger partial charge < -0.3 is 5.73 Å². The first kappa shape index (κ1) is 9.70. The van der Waals surface area contributed by atoms with Gasteiger partial charge in [-0.15, -0.1) is 0 Å². The third kappa shape index (κ3) is 5.83. The first-order chi connectivity index (χ1) is 4.81. The fourth-order valence-corrected chi connectivity index (χ4v) is 0.869. The van der Waals surface area contributed by atoms with E-state index in [1.807, 2.05) is 0 Å². The summed E-state index contributed by atoms with van der Waals surface area (Å²) in [6, 6.07) is 0. The Hall–Kier alpha value is -0.300. The molecule has 0 saturated carbocycles. The Balaban J connectivity index is 3.04. The minimum Gasteiger partial charge on any atom is -0.330 e. The predicted molar refractivity (Wildman–Crippen MR) is 47.0 cm³/mol. The molecule has 0 radical (unpaired) electrons. The van der Waals surface area contributed by atoms with E-state index in [9.17, 15) is 0 Å². The SMILES string of the molecule is C/C=C(/C)CCCCCN. The standard InChI is InChI=1S/C9H19N/c1-3-9(2)7-5-4-6-8-10/h3H,4-8,10H2,1-2H3/b9-3-. The molecule has 0 aromatic heterocycles. The van der Waals surface area contributed by atoms with Crippen molar-refractivity contribution in [3.63, 3.8) is 0 Å². The van der Waals surface area contributed by atoms with Gasteiger partial charge >= 0.3 is 0 Å². The van der Waals surface area contributed by atoms with E-state index in [4.69, 9.17) is 5.73 Å². The largest absolute Gasteiger partial charge is 0.330 e. The Morgan fingerprint density at radius 1 is 1.30 bits per heavy atom. The molecule has 0 heterocycles. The quantitative estimate of drug-likeness (QED) is 0.462. The van der Waals surface area contributed by atoms with Gasteiger partial charge in [-0.1, -0.05) is 18.1 Å². The summed E-state index contributed by atoms with van der Waals surface area (Å²) in [6.45, 7) is 5.12. The normalized spacial score (nSPS) is 12.1. The maximum absolute atomic E-state index is 5.36. The third-order valence-electron chi connectivity index (χ3n) is 1.77. The molecule has 0 fully saturated rings. The van der Waals surface area contributed by atoms with Crippen LogP contribution in [0.25, 0.3) is 0 Å². The number of rotatable bonds is 5. The molecule has 0 aromatic rings. The molecule has 2 N–H and O–H groups in total. The molecule has 10 heavy (non-hydrogen) atoms. The summed E-state index contributed by atoms with van der Waals surface area (Å²) in [5.74, 6) is 0. The molecule has 0 aliphatic rings. The van der Waals surface area contributed by atoms with Gasteiger partial charge in [-0.3, -0.25) is 0 Å². The van der Waals surface area contributed by atoms with E-state index in [0.29, 0.717) is 0 Å². The van der Waals surface area contributed by atoms with E-state index < -0.39 is 0 Å². The highest BCUT2D eigenvalue weighted by molar-refractivity contribution is 4.94. The van der Waals surface area contributed by atoms with E-state index in [1.165, 1.54) is 31.3 Å². The van der Waals surface area contributed by atoms with Crippen LogP contribution in [0.1, 0.15) is 39.5 Å². The highest BCUT2D eigenvalue weighted by Gasteiger charge is 1.88. The maximum atomic E-state index is 5.36. The molecule has 0 aliphatic heterocycles. The summed E-state index contributed by atoms with van der Waals surface area (Å²) >= 11 is 0. The second kappa shape index (κ2) is 6.81. The van der Waals surface area contributed by atoms with Crippen LogP contribution in [-0.4, -0.2) is 6.54 Å². The topological polar surface area (TPSA) is 26.0 Å². The van der Waals surface area contributed by atoms with Crippen LogP contribution in [0.5, 0.6) is 0 Å². The van der Waals surface area contributed by atoms with Crippen molar-refractivity contribution in [2.24, 2.45) is 5.73 Å². The summed E-state index contributed by atoms with van der Waals surface area (Å²) in [5, 5.41) is 0.